The van der Waals surface area contributed by atoms with E-state index in [9.17, 15) is 4.79 Å². The third-order valence-electron chi connectivity index (χ3n) is 6.18. The highest BCUT2D eigenvalue weighted by molar-refractivity contribution is 6.07. The third-order valence-corrected chi connectivity index (χ3v) is 6.18. The van der Waals surface area contributed by atoms with E-state index in [2.05, 4.69) is 64.2 Å². The highest BCUT2D eigenvalue weighted by atomic mass is 16.5. The first-order valence-corrected chi connectivity index (χ1v) is 10.5. The largest absolute Gasteiger partial charge is 0.378 e. The maximum Gasteiger partial charge on any atom is 0.256 e. The van der Waals surface area contributed by atoms with Gasteiger partial charge in [-0.2, -0.15) is 0 Å². The van der Waals surface area contributed by atoms with Crippen LogP contribution in [0.25, 0.3) is 10.9 Å². The minimum atomic E-state index is 0.126. The van der Waals surface area contributed by atoms with Gasteiger partial charge in [0.05, 0.1) is 18.8 Å². The van der Waals surface area contributed by atoms with Crippen molar-refractivity contribution in [3.8, 4) is 0 Å². The molecule has 1 atom stereocenters. The van der Waals surface area contributed by atoms with E-state index in [1.54, 1.807) is 0 Å². The van der Waals surface area contributed by atoms with Crippen LogP contribution in [0.2, 0.25) is 0 Å². The fraction of sp³-hybridized carbons (Fsp3) is 0.375. The van der Waals surface area contributed by atoms with Gasteiger partial charge in [0.15, 0.2) is 0 Å². The predicted octanol–water partition coefficient (Wildman–Crippen LogP) is 3.64. The molecular weight excluding hydrogens is 362 g/mol. The number of hydrogen-bond donors (Lipinski definition) is 0. The van der Waals surface area contributed by atoms with Crippen molar-refractivity contribution in [2.24, 2.45) is 5.92 Å². The van der Waals surface area contributed by atoms with Gasteiger partial charge >= 0.3 is 0 Å². The number of morpholine rings is 1. The summed E-state index contributed by atoms with van der Waals surface area (Å²) in [6.45, 7) is 5.69. The average molecular weight is 389 g/mol. The Labute approximate surface area is 171 Å². The molecule has 5 heteroatoms. The molecule has 0 N–H and O–H groups in total. The Morgan fingerprint density at radius 3 is 2.55 bits per heavy atom. The summed E-state index contributed by atoms with van der Waals surface area (Å²) in [5, 5.41) is 1.06. The van der Waals surface area contributed by atoms with Gasteiger partial charge in [0, 0.05) is 55.5 Å². The van der Waals surface area contributed by atoms with Crippen LogP contribution in [-0.2, 0) is 11.3 Å². The molecule has 0 radical (unpaired) electrons. The molecule has 29 heavy (non-hydrogen) atoms. The Kier molecular flexibility index (Phi) is 4.98. The second-order valence-corrected chi connectivity index (χ2v) is 8.05. The molecule has 2 saturated heterocycles. The molecule has 5 nitrogen and oxygen atoms in total. The van der Waals surface area contributed by atoms with E-state index >= 15 is 0 Å². The number of nitrogens with zero attached hydrogens (tertiary/aromatic N) is 3. The minimum absolute atomic E-state index is 0.126. The molecule has 2 aliphatic heterocycles. The van der Waals surface area contributed by atoms with Crippen LogP contribution in [0, 0.1) is 5.92 Å². The molecule has 0 saturated carbocycles. The van der Waals surface area contributed by atoms with Crippen molar-refractivity contribution in [1.29, 1.82) is 0 Å². The SMILES string of the molecule is O=C(c1cn(CC2CCN(c3ccccc3)C2)c2ccccc12)N1CCOCC1. The molecule has 3 aromatic rings. The first-order valence-electron chi connectivity index (χ1n) is 10.5. The number of carbonyl (C=O) groups excluding carboxylic acids is 1. The predicted molar refractivity (Wildman–Crippen MR) is 115 cm³/mol. The van der Waals surface area contributed by atoms with Gasteiger partial charge in [-0.3, -0.25) is 4.79 Å². The van der Waals surface area contributed by atoms with E-state index < -0.39 is 0 Å². The monoisotopic (exact) mass is 389 g/mol. The van der Waals surface area contributed by atoms with Crippen LogP contribution < -0.4 is 4.90 Å². The van der Waals surface area contributed by atoms with Crippen LogP contribution in [0.1, 0.15) is 16.8 Å². The van der Waals surface area contributed by atoms with Crippen LogP contribution in [0.5, 0.6) is 0 Å². The van der Waals surface area contributed by atoms with Gasteiger partial charge in [0.2, 0.25) is 0 Å². The van der Waals surface area contributed by atoms with Crippen LogP contribution >= 0.6 is 0 Å². The van der Waals surface area contributed by atoms with E-state index in [0.29, 0.717) is 32.2 Å². The lowest BCUT2D eigenvalue weighted by Gasteiger charge is -2.26. The molecule has 2 aromatic carbocycles. The second-order valence-electron chi connectivity index (χ2n) is 8.05. The second kappa shape index (κ2) is 7.91. The molecule has 150 valence electrons. The number of aromatic nitrogens is 1. The highest BCUT2D eigenvalue weighted by Crippen LogP contribution is 2.28. The Morgan fingerprint density at radius 2 is 1.72 bits per heavy atom. The molecule has 3 heterocycles. The summed E-state index contributed by atoms with van der Waals surface area (Å²) >= 11 is 0. The zero-order valence-corrected chi connectivity index (χ0v) is 16.7. The number of hydrogen-bond acceptors (Lipinski definition) is 3. The minimum Gasteiger partial charge on any atom is -0.378 e. The van der Waals surface area contributed by atoms with Gasteiger partial charge in [-0.05, 0) is 30.5 Å². The van der Waals surface area contributed by atoms with Gasteiger partial charge in [0.25, 0.3) is 5.91 Å². The number of fused-ring (bicyclic) bond motifs is 1. The number of amides is 1. The van der Waals surface area contributed by atoms with E-state index in [0.717, 1.165) is 36.1 Å². The van der Waals surface area contributed by atoms with Crippen LogP contribution in [-0.4, -0.2) is 54.8 Å². The summed E-state index contributed by atoms with van der Waals surface area (Å²) in [5.41, 5.74) is 3.28. The zero-order chi connectivity index (χ0) is 19.6. The molecule has 0 spiro atoms. The summed E-state index contributed by atoms with van der Waals surface area (Å²) in [4.78, 5) is 17.5. The molecule has 1 aromatic heterocycles. The Balaban J connectivity index is 1.37. The standard InChI is InChI=1S/C24H27N3O2/c28-24(25-12-14-29-15-13-25)22-18-27(23-9-5-4-8-21(22)23)17-19-10-11-26(16-19)20-6-2-1-3-7-20/h1-9,18-19H,10-17H2. The Morgan fingerprint density at radius 1 is 0.966 bits per heavy atom. The molecule has 2 fully saturated rings. The van der Waals surface area contributed by atoms with Gasteiger partial charge < -0.3 is 19.1 Å². The quantitative estimate of drug-likeness (QED) is 0.684. The lowest BCUT2D eigenvalue weighted by Crippen LogP contribution is -2.40. The van der Waals surface area contributed by atoms with Crippen molar-refractivity contribution < 1.29 is 9.53 Å². The van der Waals surface area contributed by atoms with E-state index in [1.165, 1.54) is 12.1 Å². The number of ether oxygens (including phenoxy) is 1. The molecule has 1 unspecified atom stereocenters. The normalized spacial score (nSPS) is 19.8. The fourth-order valence-electron chi connectivity index (χ4n) is 4.64. The number of benzene rings is 2. The summed E-state index contributed by atoms with van der Waals surface area (Å²) in [7, 11) is 0. The highest BCUT2D eigenvalue weighted by Gasteiger charge is 2.26. The molecule has 2 aliphatic rings. The smallest absolute Gasteiger partial charge is 0.256 e. The topological polar surface area (TPSA) is 37.7 Å². The van der Waals surface area contributed by atoms with Crippen molar-refractivity contribution in [3.63, 3.8) is 0 Å². The summed E-state index contributed by atoms with van der Waals surface area (Å²) in [6, 6.07) is 18.9. The lowest BCUT2D eigenvalue weighted by molar-refractivity contribution is 0.0304. The fourth-order valence-corrected chi connectivity index (χ4v) is 4.64. The number of anilines is 1. The Bertz CT molecular complexity index is 992. The molecule has 0 aliphatic carbocycles. The van der Waals surface area contributed by atoms with Crippen molar-refractivity contribution in [1.82, 2.24) is 9.47 Å². The first kappa shape index (κ1) is 18.3. The van der Waals surface area contributed by atoms with Crippen molar-refractivity contribution >= 4 is 22.5 Å². The molecular formula is C24H27N3O2. The van der Waals surface area contributed by atoms with Crippen LogP contribution in [0.15, 0.2) is 60.8 Å². The number of carbonyl (C=O) groups is 1. The van der Waals surface area contributed by atoms with E-state index in [4.69, 9.17) is 4.74 Å². The van der Waals surface area contributed by atoms with Gasteiger partial charge in [-0.25, -0.2) is 0 Å². The van der Waals surface area contributed by atoms with Crippen molar-refractivity contribution in [2.45, 2.75) is 13.0 Å². The van der Waals surface area contributed by atoms with Crippen LogP contribution in [0.3, 0.4) is 0 Å². The van der Waals surface area contributed by atoms with Crippen molar-refractivity contribution in [3.05, 3.63) is 66.4 Å². The summed E-state index contributed by atoms with van der Waals surface area (Å²) in [6.07, 6.45) is 3.25. The zero-order valence-electron chi connectivity index (χ0n) is 16.7. The molecule has 0 bridgehead atoms. The van der Waals surface area contributed by atoms with Gasteiger partial charge in [-0.15, -0.1) is 0 Å². The number of rotatable bonds is 4. The maximum absolute atomic E-state index is 13.2. The lowest BCUT2D eigenvalue weighted by atomic mass is 10.1. The summed E-state index contributed by atoms with van der Waals surface area (Å²) in [5.74, 6) is 0.706. The maximum atomic E-state index is 13.2. The average Bonchev–Trinajstić information content (AvgIpc) is 3.40. The Hall–Kier alpha value is -2.79. The van der Waals surface area contributed by atoms with E-state index in [-0.39, 0.29) is 5.91 Å². The van der Waals surface area contributed by atoms with Crippen LogP contribution in [0.4, 0.5) is 5.69 Å². The molecule has 5 rings (SSSR count). The molecule has 1 amide bonds. The van der Waals surface area contributed by atoms with Gasteiger partial charge in [0.1, 0.15) is 0 Å². The van der Waals surface area contributed by atoms with Gasteiger partial charge in [-0.1, -0.05) is 36.4 Å². The summed E-state index contributed by atoms with van der Waals surface area (Å²) < 4.78 is 7.70. The third kappa shape index (κ3) is 3.62. The first-order chi connectivity index (χ1) is 14.3. The van der Waals surface area contributed by atoms with E-state index in [1.807, 2.05) is 11.0 Å². The van der Waals surface area contributed by atoms with Crippen molar-refractivity contribution in [2.75, 3.05) is 44.3 Å². The number of para-hydroxylation sites is 2.